The van der Waals surface area contributed by atoms with Gasteiger partial charge in [-0.3, -0.25) is 4.79 Å². The Morgan fingerprint density at radius 1 is 1.89 bits per heavy atom. The van der Waals surface area contributed by atoms with E-state index in [0.29, 0.717) is 12.3 Å². The number of alkyl halides is 1. The van der Waals surface area contributed by atoms with E-state index in [9.17, 15) is 4.79 Å². The van der Waals surface area contributed by atoms with E-state index < -0.39 is 12.0 Å². The van der Waals surface area contributed by atoms with Crippen molar-refractivity contribution in [3.8, 4) is 0 Å². The van der Waals surface area contributed by atoms with E-state index in [1.54, 1.807) is 0 Å². The summed E-state index contributed by atoms with van der Waals surface area (Å²) in [4.78, 5) is 10.5. The monoisotopic (exact) mass is 151 g/mol. The number of hydrogen-bond acceptors (Lipinski definition) is 3. The number of ether oxygens (including phenoxy) is 1. The number of carbonyl (C=O) groups is 1. The first-order valence-electron chi connectivity index (χ1n) is 2.61. The van der Waals surface area contributed by atoms with Gasteiger partial charge in [-0.15, -0.1) is 11.6 Å². The lowest BCUT2D eigenvalue weighted by Crippen LogP contribution is -2.31. The minimum atomic E-state index is -0.563. The van der Waals surface area contributed by atoms with Gasteiger partial charge in [-0.1, -0.05) is 0 Å². The fraction of sp³-hybridized carbons (Fsp3) is 0.800. The van der Waals surface area contributed by atoms with Crippen LogP contribution in [0.25, 0.3) is 0 Å². The summed E-state index contributed by atoms with van der Waals surface area (Å²) in [6, 6.07) is -0.563. The molecule has 0 aromatic heterocycles. The lowest BCUT2D eigenvalue weighted by atomic mass is 10.2. The fourth-order valence-electron chi connectivity index (χ4n) is 0.387. The number of esters is 1. The van der Waals surface area contributed by atoms with Gasteiger partial charge in [0.25, 0.3) is 0 Å². The molecule has 0 aromatic carbocycles. The van der Waals surface area contributed by atoms with Crippen molar-refractivity contribution in [2.24, 2.45) is 5.73 Å². The Bertz CT molecular complexity index is 97.0. The number of hydrogen-bond donors (Lipinski definition) is 1. The summed E-state index contributed by atoms with van der Waals surface area (Å²) in [5.41, 5.74) is 5.28. The molecule has 0 heterocycles. The van der Waals surface area contributed by atoms with Crippen LogP contribution in [0.1, 0.15) is 6.42 Å². The Hall–Kier alpha value is -0.280. The summed E-state index contributed by atoms with van der Waals surface area (Å²) in [5.74, 6) is -0.0216. The maximum atomic E-state index is 10.5. The zero-order chi connectivity index (χ0) is 7.28. The molecule has 0 spiro atoms. The zero-order valence-electron chi connectivity index (χ0n) is 5.26. The van der Waals surface area contributed by atoms with Crippen molar-refractivity contribution in [2.45, 2.75) is 12.5 Å². The highest BCUT2D eigenvalue weighted by molar-refractivity contribution is 6.18. The molecule has 0 radical (unpaired) electrons. The predicted molar refractivity (Wildman–Crippen MR) is 35.3 cm³/mol. The molecule has 0 aliphatic carbocycles. The lowest BCUT2D eigenvalue weighted by molar-refractivity contribution is -0.142. The summed E-state index contributed by atoms with van der Waals surface area (Å²) in [7, 11) is 1.30. The van der Waals surface area contributed by atoms with E-state index in [2.05, 4.69) is 4.74 Å². The first kappa shape index (κ1) is 8.72. The molecule has 0 saturated heterocycles. The molecule has 0 rings (SSSR count). The average Bonchev–Trinajstić information content (AvgIpc) is 1.87. The van der Waals surface area contributed by atoms with Crippen LogP contribution in [-0.2, 0) is 9.53 Å². The Morgan fingerprint density at radius 2 is 2.44 bits per heavy atom. The number of halogens is 1. The quantitative estimate of drug-likeness (QED) is 0.460. The molecule has 3 nitrogen and oxygen atoms in total. The van der Waals surface area contributed by atoms with E-state index >= 15 is 0 Å². The first-order chi connectivity index (χ1) is 4.22. The molecular formula is C5H10ClNO2. The fourth-order valence-corrected chi connectivity index (χ4v) is 0.622. The first-order valence-corrected chi connectivity index (χ1v) is 3.15. The summed E-state index contributed by atoms with van der Waals surface area (Å²) < 4.78 is 4.34. The number of nitrogens with two attached hydrogens (primary N) is 1. The Balaban J connectivity index is 3.45. The summed E-state index contributed by atoms with van der Waals surface area (Å²) in [6.45, 7) is 0. The van der Waals surface area contributed by atoms with Crippen LogP contribution in [-0.4, -0.2) is 25.0 Å². The second-order valence-electron chi connectivity index (χ2n) is 1.61. The van der Waals surface area contributed by atoms with Crippen LogP contribution in [0.4, 0.5) is 0 Å². The topological polar surface area (TPSA) is 52.3 Å². The number of methoxy groups -OCH3 is 1. The van der Waals surface area contributed by atoms with Gasteiger partial charge in [0, 0.05) is 5.88 Å². The van der Waals surface area contributed by atoms with E-state index in [4.69, 9.17) is 17.3 Å². The second-order valence-corrected chi connectivity index (χ2v) is 1.99. The number of rotatable bonds is 3. The highest BCUT2D eigenvalue weighted by Gasteiger charge is 2.11. The van der Waals surface area contributed by atoms with Crippen LogP contribution in [0, 0.1) is 0 Å². The largest absolute Gasteiger partial charge is 0.468 e. The summed E-state index contributed by atoms with van der Waals surface area (Å²) >= 11 is 5.31. The maximum Gasteiger partial charge on any atom is 0.322 e. The molecule has 1 atom stereocenters. The second kappa shape index (κ2) is 4.58. The maximum absolute atomic E-state index is 10.5. The molecule has 0 aliphatic heterocycles. The molecule has 0 amide bonds. The molecule has 0 fully saturated rings. The van der Waals surface area contributed by atoms with Crippen molar-refractivity contribution in [2.75, 3.05) is 13.0 Å². The van der Waals surface area contributed by atoms with Crippen molar-refractivity contribution in [1.29, 1.82) is 0 Å². The Morgan fingerprint density at radius 3 is 2.78 bits per heavy atom. The average molecular weight is 152 g/mol. The zero-order valence-corrected chi connectivity index (χ0v) is 6.02. The van der Waals surface area contributed by atoms with Gasteiger partial charge in [-0.25, -0.2) is 0 Å². The smallest absolute Gasteiger partial charge is 0.322 e. The molecule has 2 N–H and O–H groups in total. The van der Waals surface area contributed by atoms with Gasteiger partial charge >= 0.3 is 5.97 Å². The normalized spacial score (nSPS) is 12.8. The highest BCUT2D eigenvalue weighted by Crippen LogP contribution is 1.92. The van der Waals surface area contributed by atoms with Gasteiger partial charge in [0.15, 0.2) is 0 Å². The van der Waals surface area contributed by atoms with Crippen LogP contribution in [0.2, 0.25) is 0 Å². The van der Waals surface area contributed by atoms with Crippen LogP contribution >= 0.6 is 11.6 Å². The molecule has 0 saturated carbocycles. The van der Waals surface area contributed by atoms with Gasteiger partial charge in [-0.05, 0) is 6.42 Å². The van der Waals surface area contributed by atoms with Crippen LogP contribution in [0.15, 0.2) is 0 Å². The van der Waals surface area contributed by atoms with Gasteiger partial charge in [0.05, 0.1) is 7.11 Å². The van der Waals surface area contributed by atoms with Gasteiger partial charge < -0.3 is 10.5 Å². The minimum absolute atomic E-state index is 0.385. The standard InChI is InChI=1S/C5H10ClNO2/c1-9-5(8)4(7)2-3-6/h4H,2-3,7H2,1H3. The molecular weight excluding hydrogens is 142 g/mol. The third-order valence-electron chi connectivity index (χ3n) is 0.924. The SMILES string of the molecule is COC(=O)C(N)CCCl. The van der Waals surface area contributed by atoms with Crippen molar-refractivity contribution >= 4 is 17.6 Å². The van der Waals surface area contributed by atoms with Crippen molar-refractivity contribution in [3.63, 3.8) is 0 Å². The Kier molecular flexibility index (Phi) is 4.44. The van der Waals surface area contributed by atoms with E-state index in [1.165, 1.54) is 7.11 Å². The van der Waals surface area contributed by atoms with E-state index in [-0.39, 0.29) is 0 Å². The van der Waals surface area contributed by atoms with Crippen molar-refractivity contribution in [3.05, 3.63) is 0 Å². The molecule has 4 heteroatoms. The van der Waals surface area contributed by atoms with Crippen LogP contribution in [0.5, 0.6) is 0 Å². The van der Waals surface area contributed by atoms with E-state index in [0.717, 1.165) is 0 Å². The lowest BCUT2D eigenvalue weighted by Gasteiger charge is -2.04. The minimum Gasteiger partial charge on any atom is -0.468 e. The molecule has 1 unspecified atom stereocenters. The van der Waals surface area contributed by atoms with Crippen molar-refractivity contribution in [1.82, 2.24) is 0 Å². The summed E-state index contributed by atoms with van der Waals surface area (Å²) in [5, 5.41) is 0. The van der Waals surface area contributed by atoms with Gasteiger partial charge in [0.1, 0.15) is 6.04 Å². The Labute approximate surface area is 59.1 Å². The third kappa shape index (κ3) is 3.32. The van der Waals surface area contributed by atoms with Crippen LogP contribution < -0.4 is 5.73 Å². The molecule has 54 valence electrons. The molecule has 0 bridgehead atoms. The highest BCUT2D eigenvalue weighted by atomic mass is 35.5. The van der Waals surface area contributed by atoms with Gasteiger partial charge in [0.2, 0.25) is 0 Å². The third-order valence-corrected chi connectivity index (χ3v) is 1.14. The predicted octanol–water partition coefficient (Wildman–Crippen LogP) is 0.116. The molecule has 9 heavy (non-hydrogen) atoms. The molecule has 0 aliphatic rings. The van der Waals surface area contributed by atoms with E-state index in [1.807, 2.05) is 0 Å². The van der Waals surface area contributed by atoms with Gasteiger partial charge in [-0.2, -0.15) is 0 Å². The van der Waals surface area contributed by atoms with Crippen molar-refractivity contribution < 1.29 is 9.53 Å². The molecule has 0 aromatic rings. The summed E-state index contributed by atoms with van der Waals surface area (Å²) in [6.07, 6.45) is 0.466. The van der Waals surface area contributed by atoms with Crippen LogP contribution in [0.3, 0.4) is 0 Å². The number of carbonyl (C=O) groups excluding carboxylic acids is 1.